The molecule has 0 unspecified atom stereocenters. The zero-order chi connectivity index (χ0) is 22.1. The molecular formula is C20H27N5O4S. The number of rotatable bonds is 8. The zero-order valence-electron chi connectivity index (χ0n) is 17.8. The van der Waals surface area contributed by atoms with E-state index in [0.717, 1.165) is 17.2 Å². The normalized spacial score (nSPS) is 12.6. The minimum absolute atomic E-state index is 0.244. The van der Waals surface area contributed by atoms with Gasteiger partial charge in [-0.25, -0.2) is 23.1 Å². The first-order chi connectivity index (χ1) is 14.0. The van der Waals surface area contributed by atoms with Gasteiger partial charge in [-0.3, -0.25) is 4.79 Å². The maximum absolute atomic E-state index is 11.9. The van der Waals surface area contributed by atoms with Gasteiger partial charge in [0.15, 0.2) is 5.82 Å². The molecule has 2 heterocycles. The van der Waals surface area contributed by atoms with Crippen molar-refractivity contribution in [3.8, 4) is 0 Å². The topological polar surface area (TPSA) is 115 Å². The van der Waals surface area contributed by atoms with Crippen LogP contribution in [-0.2, 0) is 32.7 Å². The number of carbonyl (C=O) groups excluding carboxylic acids is 1. The molecule has 9 nitrogen and oxygen atoms in total. The molecule has 0 aliphatic rings. The Hall–Kier alpha value is -2.56. The minimum atomic E-state index is -3.42. The predicted molar refractivity (Wildman–Crippen MR) is 117 cm³/mol. The number of anilines is 1. The van der Waals surface area contributed by atoms with Gasteiger partial charge < -0.3 is 14.6 Å². The fourth-order valence-corrected chi connectivity index (χ4v) is 4.61. The highest BCUT2D eigenvalue weighted by Crippen LogP contribution is 2.31. The maximum atomic E-state index is 11.9. The van der Waals surface area contributed by atoms with Crippen LogP contribution >= 0.6 is 0 Å². The highest BCUT2D eigenvalue weighted by molar-refractivity contribution is 7.88. The standard InChI is InChI=1S/C20H27N5O4S/c1-6-29-11-16-23-17-18(25(16)12-20(3,4)24-30(5,27)28)14-9-7-8-10-15(14)22-19(17)21-13(2)26/h7-10,24H,6,11-12H2,1-5H3,(H,21,22,26). The lowest BCUT2D eigenvalue weighted by atomic mass is 10.1. The molecule has 0 radical (unpaired) electrons. The molecule has 30 heavy (non-hydrogen) atoms. The number of benzene rings is 1. The monoisotopic (exact) mass is 433 g/mol. The molecule has 0 spiro atoms. The molecule has 162 valence electrons. The number of para-hydroxylation sites is 1. The van der Waals surface area contributed by atoms with Crippen LogP contribution in [0.15, 0.2) is 24.3 Å². The average Bonchev–Trinajstić information content (AvgIpc) is 2.95. The van der Waals surface area contributed by atoms with Gasteiger partial charge in [0.05, 0.1) is 17.3 Å². The van der Waals surface area contributed by atoms with Gasteiger partial charge in [-0.1, -0.05) is 18.2 Å². The Morgan fingerprint density at radius 1 is 1.23 bits per heavy atom. The van der Waals surface area contributed by atoms with Crippen LogP contribution in [0.2, 0.25) is 0 Å². The number of pyridine rings is 1. The second kappa shape index (κ2) is 8.29. The molecule has 2 N–H and O–H groups in total. The van der Waals surface area contributed by atoms with E-state index >= 15 is 0 Å². The Morgan fingerprint density at radius 2 is 1.93 bits per heavy atom. The summed E-state index contributed by atoms with van der Waals surface area (Å²) in [7, 11) is -3.42. The lowest BCUT2D eigenvalue weighted by molar-refractivity contribution is -0.114. The summed E-state index contributed by atoms with van der Waals surface area (Å²) in [5.74, 6) is 0.737. The lowest BCUT2D eigenvalue weighted by Gasteiger charge is -2.27. The molecule has 0 bridgehead atoms. The SMILES string of the molecule is CCOCc1nc2c(NC(C)=O)nc3ccccc3c2n1CC(C)(C)NS(C)(=O)=O. The number of carbonyl (C=O) groups is 1. The second-order valence-electron chi connectivity index (χ2n) is 7.87. The maximum Gasteiger partial charge on any atom is 0.222 e. The first-order valence-electron chi connectivity index (χ1n) is 9.63. The third kappa shape index (κ3) is 4.94. The molecule has 0 atom stereocenters. The van der Waals surface area contributed by atoms with Crippen molar-refractivity contribution in [1.29, 1.82) is 0 Å². The summed E-state index contributed by atoms with van der Waals surface area (Å²) in [5.41, 5.74) is 1.21. The molecule has 0 saturated heterocycles. The van der Waals surface area contributed by atoms with Gasteiger partial charge in [-0.2, -0.15) is 0 Å². The van der Waals surface area contributed by atoms with Crippen LogP contribution in [-0.4, -0.2) is 47.3 Å². The fraction of sp³-hybridized carbons (Fsp3) is 0.450. The Morgan fingerprint density at radius 3 is 2.57 bits per heavy atom. The molecule has 10 heteroatoms. The number of imidazole rings is 1. The Kier molecular flexibility index (Phi) is 6.11. The summed E-state index contributed by atoms with van der Waals surface area (Å²) in [5, 5.41) is 3.61. The number of aromatic nitrogens is 3. The van der Waals surface area contributed by atoms with Crippen LogP contribution in [0.25, 0.3) is 21.9 Å². The molecule has 0 saturated carbocycles. The summed E-state index contributed by atoms with van der Waals surface area (Å²) in [6, 6.07) is 7.57. The predicted octanol–water partition coefficient (Wildman–Crippen LogP) is 2.41. The van der Waals surface area contributed by atoms with Crippen molar-refractivity contribution in [3.05, 3.63) is 30.1 Å². The van der Waals surface area contributed by atoms with E-state index in [0.29, 0.717) is 35.8 Å². The van der Waals surface area contributed by atoms with E-state index in [1.165, 1.54) is 6.92 Å². The number of nitrogens with one attached hydrogen (secondary N) is 2. The third-order valence-electron chi connectivity index (χ3n) is 4.41. The number of fused-ring (bicyclic) bond motifs is 3. The van der Waals surface area contributed by atoms with Gasteiger partial charge in [-0.05, 0) is 26.8 Å². The van der Waals surface area contributed by atoms with Crippen LogP contribution in [0.3, 0.4) is 0 Å². The summed E-state index contributed by atoms with van der Waals surface area (Å²) in [4.78, 5) is 21.0. The Balaban J connectivity index is 2.29. The summed E-state index contributed by atoms with van der Waals surface area (Å²) in [6.45, 7) is 7.99. The van der Waals surface area contributed by atoms with Crippen molar-refractivity contribution >= 4 is 43.7 Å². The van der Waals surface area contributed by atoms with Crippen LogP contribution in [0.1, 0.15) is 33.5 Å². The molecule has 0 aliphatic carbocycles. The highest BCUT2D eigenvalue weighted by atomic mass is 32.2. The minimum Gasteiger partial charge on any atom is -0.374 e. The average molecular weight is 434 g/mol. The van der Waals surface area contributed by atoms with Crippen LogP contribution in [0.4, 0.5) is 5.82 Å². The van der Waals surface area contributed by atoms with Gasteiger partial charge in [-0.15, -0.1) is 0 Å². The van der Waals surface area contributed by atoms with E-state index in [4.69, 9.17) is 9.72 Å². The van der Waals surface area contributed by atoms with E-state index in [-0.39, 0.29) is 12.5 Å². The largest absolute Gasteiger partial charge is 0.374 e. The highest BCUT2D eigenvalue weighted by Gasteiger charge is 2.27. The number of hydrogen-bond donors (Lipinski definition) is 2. The molecule has 0 fully saturated rings. The summed E-state index contributed by atoms with van der Waals surface area (Å²) < 4.78 is 34.0. The van der Waals surface area contributed by atoms with Crippen LogP contribution < -0.4 is 10.0 Å². The van der Waals surface area contributed by atoms with Crippen molar-refractivity contribution < 1.29 is 17.9 Å². The zero-order valence-corrected chi connectivity index (χ0v) is 18.6. The van der Waals surface area contributed by atoms with Crippen molar-refractivity contribution in [2.45, 2.75) is 46.4 Å². The Labute approximate surface area is 175 Å². The number of nitrogens with zero attached hydrogens (tertiary/aromatic N) is 3. The lowest BCUT2D eigenvalue weighted by Crippen LogP contribution is -2.46. The van der Waals surface area contributed by atoms with E-state index in [1.54, 1.807) is 0 Å². The number of amides is 1. The molecule has 1 aromatic carbocycles. The summed E-state index contributed by atoms with van der Waals surface area (Å²) >= 11 is 0. The Bertz CT molecular complexity index is 1200. The van der Waals surface area contributed by atoms with Crippen LogP contribution in [0.5, 0.6) is 0 Å². The van der Waals surface area contributed by atoms with Gasteiger partial charge in [0.2, 0.25) is 15.9 Å². The quantitative estimate of drug-likeness (QED) is 0.564. The molecule has 3 aromatic rings. The van der Waals surface area contributed by atoms with Gasteiger partial charge in [0.25, 0.3) is 0 Å². The first kappa shape index (κ1) is 22.1. The molecule has 1 amide bonds. The van der Waals surface area contributed by atoms with Crippen molar-refractivity contribution in [2.24, 2.45) is 0 Å². The number of ether oxygens (including phenoxy) is 1. The molecular weight excluding hydrogens is 406 g/mol. The van der Waals surface area contributed by atoms with Gasteiger partial charge in [0, 0.05) is 31.0 Å². The van der Waals surface area contributed by atoms with E-state index in [9.17, 15) is 13.2 Å². The number of sulfonamides is 1. The molecule has 2 aromatic heterocycles. The van der Waals surface area contributed by atoms with Crippen LogP contribution in [0, 0.1) is 0 Å². The van der Waals surface area contributed by atoms with E-state index in [2.05, 4.69) is 15.0 Å². The van der Waals surface area contributed by atoms with Crippen molar-refractivity contribution in [3.63, 3.8) is 0 Å². The van der Waals surface area contributed by atoms with Gasteiger partial charge >= 0.3 is 0 Å². The number of hydrogen-bond acceptors (Lipinski definition) is 6. The smallest absolute Gasteiger partial charge is 0.222 e. The summed E-state index contributed by atoms with van der Waals surface area (Å²) in [6.07, 6.45) is 1.13. The fourth-order valence-electron chi connectivity index (χ4n) is 3.54. The van der Waals surface area contributed by atoms with E-state index in [1.807, 2.05) is 49.6 Å². The molecule has 0 aliphatic heterocycles. The second-order valence-corrected chi connectivity index (χ2v) is 9.61. The third-order valence-corrected chi connectivity index (χ3v) is 5.33. The van der Waals surface area contributed by atoms with Crippen molar-refractivity contribution in [1.82, 2.24) is 19.3 Å². The molecule has 3 rings (SSSR count). The van der Waals surface area contributed by atoms with Gasteiger partial charge in [0.1, 0.15) is 17.9 Å². The van der Waals surface area contributed by atoms with Crippen molar-refractivity contribution in [2.75, 3.05) is 18.2 Å². The first-order valence-corrected chi connectivity index (χ1v) is 11.5. The van der Waals surface area contributed by atoms with E-state index < -0.39 is 15.6 Å².